The predicted octanol–water partition coefficient (Wildman–Crippen LogP) is 11.5. The molecule has 0 heterocycles. The van der Waals surface area contributed by atoms with E-state index in [4.69, 9.17) is 23.6 Å². The zero-order valence-corrected chi connectivity index (χ0v) is 35.2. The summed E-state index contributed by atoms with van der Waals surface area (Å²) in [5, 5.41) is 18.3. The van der Waals surface area contributed by atoms with Gasteiger partial charge < -0.3 is 24.6 Å². The molecule has 53 heavy (non-hydrogen) atoms. The van der Waals surface area contributed by atoms with Gasteiger partial charge in [-0.15, -0.1) is 0 Å². The van der Waals surface area contributed by atoms with Crippen LogP contribution in [0.1, 0.15) is 219 Å². The topological polar surface area (TPSA) is 149 Å². The molecule has 0 aliphatic heterocycles. The van der Waals surface area contributed by atoms with Gasteiger partial charge in [0.1, 0.15) is 12.7 Å². The van der Waals surface area contributed by atoms with E-state index >= 15 is 0 Å². The Morgan fingerprint density at radius 3 is 1.17 bits per heavy atom. The largest absolute Gasteiger partial charge is 0.472 e. The van der Waals surface area contributed by atoms with Crippen molar-refractivity contribution in [1.82, 2.24) is 0 Å². The summed E-state index contributed by atoms with van der Waals surface area (Å²) in [4.78, 5) is 35.0. The van der Waals surface area contributed by atoms with E-state index in [-0.39, 0.29) is 19.4 Å². The zero-order chi connectivity index (χ0) is 39.1. The van der Waals surface area contributed by atoms with E-state index < -0.39 is 51.8 Å². The summed E-state index contributed by atoms with van der Waals surface area (Å²) < 4.78 is 32.7. The molecule has 0 saturated heterocycles. The highest BCUT2D eigenvalue weighted by atomic mass is 31.2. The maximum absolute atomic E-state index is 12.6. The molecule has 1 unspecified atom stereocenters. The summed E-state index contributed by atoms with van der Waals surface area (Å²) >= 11 is 0. The van der Waals surface area contributed by atoms with Gasteiger partial charge in [0.05, 0.1) is 19.8 Å². The lowest BCUT2D eigenvalue weighted by molar-refractivity contribution is -0.161. The van der Waals surface area contributed by atoms with Crippen LogP contribution < -0.4 is 0 Å². The lowest BCUT2D eigenvalue weighted by atomic mass is 10.0. The van der Waals surface area contributed by atoms with Gasteiger partial charge in [0.15, 0.2) is 6.10 Å². The van der Waals surface area contributed by atoms with Crippen LogP contribution in [0.15, 0.2) is 0 Å². The maximum atomic E-state index is 12.6. The molecule has 3 atom stereocenters. The minimum absolute atomic E-state index is 0.192. The summed E-state index contributed by atoms with van der Waals surface area (Å²) in [7, 11) is -4.61. The van der Waals surface area contributed by atoms with E-state index in [1.807, 2.05) is 0 Å². The summed E-state index contributed by atoms with van der Waals surface area (Å²) in [5.41, 5.74) is 0. The molecular weight excluding hydrogens is 695 g/mol. The molecular formula is C42H83O10P. The summed E-state index contributed by atoms with van der Waals surface area (Å²) in [6.45, 7) is 2.42. The molecule has 0 rings (SSSR count). The van der Waals surface area contributed by atoms with Gasteiger partial charge >= 0.3 is 19.8 Å². The molecule has 0 aromatic carbocycles. The van der Waals surface area contributed by atoms with Crippen LogP contribution in [-0.2, 0) is 32.7 Å². The Kier molecular flexibility index (Phi) is 38.5. The van der Waals surface area contributed by atoms with Crippen molar-refractivity contribution in [3.63, 3.8) is 0 Å². The molecule has 10 nitrogen and oxygen atoms in total. The fourth-order valence-corrected chi connectivity index (χ4v) is 7.14. The number of rotatable bonds is 42. The number of carbonyl (C=O) groups is 2. The molecule has 0 aromatic heterocycles. The first-order valence-electron chi connectivity index (χ1n) is 22.0. The quantitative estimate of drug-likeness (QED) is 0.0310. The first kappa shape index (κ1) is 52.0. The number of phosphoric acid groups is 1. The van der Waals surface area contributed by atoms with E-state index in [1.54, 1.807) is 0 Å². The van der Waals surface area contributed by atoms with Gasteiger partial charge in [-0.2, -0.15) is 0 Å². The van der Waals surface area contributed by atoms with Crippen molar-refractivity contribution in [2.24, 2.45) is 0 Å². The Morgan fingerprint density at radius 1 is 0.491 bits per heavy atom. The van der Waals surface area contributed by atoms with Gasteiger partial charge in [0.2, 0.25) is 0 Å². The highest BCUT2D eigenvalue weighted by molar-refractivity contribution is 7.47. The van der Waals surface area contributed by atoms with Crippen molar-refractivity contribution in [3.05, 3.63) is 0 Å². The minimum Gasteiger partial charge on any atom is -0.462 e. The second kappa shape index (κ2) is 39.2. The van der Waals surface area contributed by atoms with Crippen molar-refractivity contribution in [2.75, 3.05) is 26.4 Å². The van der Waals surface area contributed by atoms with Gasteiger partial charge in [-0.1, -0.05) is 194 Å². The molecule has 0 aliphatic carbocycles. The maximum Gasteiger partial charge on any atom is 0.472 e. The van der Waals surface area contributed by atoms with Crippen LogP contribution in [0.25, 0.3) is 0 Å². The van der Waals surface area contributed by atoms with E-state index in [2.05, 4.69) is 13.8 Å². The first-order chi connectivity index (χ1) is 25.7. The SMILES string of the molecule is CCCCCCCCCCCCCCCCCC(=O)OC[C@H](COP(=O)(O)OC[C@@H](O)CO)OC(=O)CCCCCCCCCCCCCCCCC. The molecule has 0 amide bonds. The van der Waals surface area contributed by atoms with Gasteiger partial charge in [0, 0.05) is 12.8 Å². The number of carbonyl (C=O) groups excluding carboxylic acids is 2. The normalized spacial score (nSPS) is 13.8. The number of hydrogen-bond donors (Lipinski definition) is 3. The second-order valence-corrected chi connectivity index (χ2v) is 16.5. The van der Waals surface area contributed by atoms with E-state index in [9.17, 15) is 24.2 Å². The molecule has 0 radical (unpaired) electrons. The molecule has 0 saturated carbocycles. The second-order valence-electron chi connectivity index (χ2n) is 15.1. The van der Waals surface area contributed by atoms with Crippen molar-refractivity contribution >= 4 is 19.8 Å². The van der Waals surface area contributed by atoms with Crippen LogP contribution in [-0.4, -0.2) is 65.7 Å². The average molecular weight is 779 g/mol. The monoisotopic (exact) mass is 779 g/mol. The van der Waals surface area contributed by atoms with Crippen LogP contribution in [0.5, 0.6) is 0 Å². The zero-order valence-electron chi connectivity index (χ0n) is 34.3. The highest BCUT2D eigenvalue weighted by Gasteiger charge is 2.27. The Bertz CT molecular complexity index is 858. The summed E-state index contributed by atoms with van der Waals surface area (Å²) in [6, 6.07) is 0. The standard InChI is InChI=1S/C42H83O10P/c1-3-5-7-9-11-13-15-17-19-21-23-25-27-29-31-33-41(45)49-37-40(38-51-53(47,48)50-36-39(44)35-43)52-42(46)34-32-30-28-26-24-22-20-18-16-14-12-10-8-6-4-2/h39-40,43-44H,3-38H2,1-2H3,(H,47,48)/t39-,40+/m0/s1. The summed E-state index contributed by atoms with van der Waals surface area (Å²) in [6.07, 6.45) is 34.9. The number of unbranched alkanes of at least 4 members (excludes halogenated alkanes) is 28. The van der Waals surface area contributed by atoms with Gasteiger partial charge in [-0.05, 0) is 12.8 Å². The third-order valence-electron chi connectivity index (χ3n) is 9.76. The number of aliphatic hydroxyl groups excluding tert-OH is 2. The lowest BCUT2D eigenvalue weighted by Gasteiger charge is -2.20. The molecule has 316 valence electrons. The summed E-state index contributed by atoms with van der Waals surface area (Å²) in [5.74, 6) is -0.909. The predicted molar refractivity (Wildman–Crippen MR) is 215 cm³/mol. The third kappa shape index (κ3) is 39.0. The van der Waals surface area contributed by atoms with Crippen LogP contribution in [0.3, 0.4) is 0 Å². The van der Waals surface area contributed by atoms with E-state index in [1.165, 1.54) is 148 Å². The molecule has 0 spiro atoms. The molecule has 0 aromatic rings. The van der Waals surface area contributed by atoms with Crippen LogP contribution in [0.2, 0.25) is 0 Å². The van der Waals surface area contributed by atoms with E-state index in [0.29, 0.717) is 12.8 Å². The van der Waals surface area contributed by atoms with Crippen molar-refractivity contribution in [2.45, 2.75) is 232 Å². The number of hydrogen-bond acceptors (Lipinski definition) is 9. The average Bonchev–Trinajstić information content (AvgIpc) is 3.14. The highest BCUT2D eigenvalue weighted by Crippen LogP contribution is 2.43. The Morgan fingerprint density at radius 2 is 0.811 bits per heavy atom. The molecule has 0 bridgehead atoms. The molecule has 0 fully saturated rings. The van der Waals surface area contributed by atoms with E-state index in [0.717, 1.165) is 32.1 Å². The number of ether oxygens (including phenoxy) is 2. The fourth-order valence-electron chi connectivity index (χ4n) is 6.35. The van der Waals surface area contributed by atoms with Crippen LogP contribution in [0, 0.1) is 0 Å². The van der Waals surface area contributed by atoms with Gasteiger partial charge in [-0.25, -0.2) is 4.57 Å². The minimum atomic E-state index is -4.61. The van der Waals surface area contributed by atoms with Crippen LogP contribution >= 0.6 is 7.82 Å². The van der Waals surface area contributed by atoms with Crippen LogP contribution in [0.4, 0.5) is 0 Å². The smallest absolute Gasteiger partial charge is 0.462 e. The van der Waals surface area contributed by atoms with Crippen molar-refractivity contribution in [3.8, 4) is 0 Å². The van der Waals surface area contributed by atoms with Gasteiger partial charge in [0.25, 0.3) is 0 Å². The van der Waals surface area contributed by atoms with Crippen molar-refractivity contribution in [1.29, 1.82) is 0 Å². The number of aliphatic hydroxyl groups is 2. The first-order valence-corrected chi connectivity index (χ1v) is 23.5. The van der Waals surface area contributed by atoms with Crippen molar-refractivity contribution < 1.29 is 47.8 Å². The molecule has 0 aliphatic rings. The Balaban J connectivity index is 4.24. The molecule has 11 heteroatoms. The number of phosphoric ester groups is 1. The fraction of sp³-hybridized carbons (Fsp3) is 0.952. The Labute approximate surface area is 324 Å². The van der Waals surface area contributed by atoms with Gasteiger partial charge in [-0.3, -0.25) is 18.6 Å². The molecule has 3 N–H and O–H groups in total. The third-order valence-corrected chi connectivity index (χ3v) is 10.7. The Hall–Kier alpha value is -1.03. The lowest BCUT2D eigenvalue weighted by Crippen LogP contribution is -2.29. The number of esters is 2.